The molecular formula is C22H22FN3O2S. The molecule has 5 nitrogen and oxygen atoms in total. The molecular weight excluding hydrogens is 389 g/mol. The van der Waals surface area contributed by atoms with Crippen LogP contribution in [0.4, 0.5) is 15.8 Å². The highest BCUT2D eigenvalue weighted by Gasteiger charge is 2.38. The van der Waals surface area contributed by atoms with E-state index in [9.17, 15) is 14.0 Å². The molecule has 1 aliphatic rings. The number of amidine groups is 1. The van der Waals surface area contributed by atoms with Crippen LogP contribution in [-0.2, 0) is 9.59 Å². The van der Waals surface area contributed by atoms with Gasteiger partial charge in [0.05, 0.1) is 5.69 Å². The zero-order valence-electron chi connectivity index (χ0n) is 16.3. The molecule has 2 aromatic rings. The summed E-state index contributed by atoms with van der Waals surface area (Å²) in [4.78, 5) is 31.3. The topological polar surface area (TPSA) is 61.8 Å². The van der Waals surface area contributed by atoms with Gasteiger partial charge in [-0.3, -0.25) is 14.5 Å². The number of anilines is 1. The van der Waals surface area contributed by atoms with Crippen molar-refractivity contribution in [3.05, 3.63) is 72.1 Å². The number of hydrogen-bond acceptors (Lipinski definition) is 4. The maximum Gasteiger partial charge on any atom is 0.242 e. The summed E-state index contributed by atoms with van der Waals surface area (Å²) in [7, 11) is 0. The van der Waals surface area contributed by atoms with Crippen LogP contribution < -0.4 is 5.32 Å². The molecule has 150 valence electrons. The number of rotatable bonds is 6. The minimum Gasteiger partial charge on any atom is -0.326 e. The summed E-state index contributed by atoms with van der Waals surface area (Å²) < 4.78 is 13.1. The molecule has 0 spiro atoms. The first-order valence-electron chi connectivity index (χ1n) is 9.17. The molecule has 2 amide bonds. The van der Waals surface area contributed by atoms with E-state index in [4.69, 9.17) is 0 Å². The van der Waals surface area contributed by atoms with Gasteiger partial charge < -0.3 is 5.32 Å². The molecule has 0 bridgehead atoms. The van der Waals surface area contributed by atoms with Gasteiger partial charge in [0, 0.05) is 18.7 Å². The third kappa shape index (κ3) is 5.12. The van der Waals surface area contributed by atoms with Gasteiger partial charge in [0.2, 0.25) is 11.8 Å². The first-order valence-corrected chi connectivity index (χ1v) is 10.1. The van der Waals surface area contributed by atoms with E-state index in [0.29, 0.717) is 17.4 Å². The molecule has 1 atom stereocenters. The minimum atomic E-state index is -0.570. The van der Waals surface area contributed by atoms with Crippen molar-refractivity contribution in [3.63, 3.8) is 0 Å². The summed E-state index contributed by atoms with van der Waals surface area (Å²) in [5.41, 5.74) is 3.29. The van der Waals surface area contributed by atoms with Gasteiger partial charge in [-0.1, -0.05) is 30.0 Å². The highest BCUT2D eigenvalue weighted by Crippen LogP contribution is 2.32. The quantitative estimate of drug-likeness (QED) is 0.708. The monoisotopic (exact) mass is 411 g/mol. The van der Waals surface area contributed by atoms with Crippen molar-refractivity contribution in [2.45, 2.75) is 25.5 Å². The van der Waals surface area contributed by atoms with E-state index in [1.807, 2.05) is 32.0 Å². The predicted molar refractivity (Wildman–Crippen MR) is 116 cm³/mol. The van der Waals surface area contributed by atoms with E-state index in [0.717, 1.165) is 16.8 Å². The van der Waals surface area contributed by atoms with Crippen LogP contribution >= 0.6 is 11.8 Å². The number of carbonyl (C=O) groups excluding carboxylic acids is 2. The number of hydrogen-bond donors (Lipinski definition) is 1. The molecule has 2 aromatic carbocycles. The fourth-order valence-electron chi connectivity index (χ4n) is 2.89. The van der Waals surface area contributed by atoms with E-state index in [2.05, 4.69) is 16.9 Å². The lowest BCUT2D eigenvalue weighted by molar-refractivity contribution is -0.127. The predicted octanol–water partition coefficient (Wildman–Crippen LogP) is 4.59. The van der Waals surface area contributed by atoms with E-state index in [-0.39, 0.29) is 24.1 Å². The fraction of sp³-hybridized carbons (Fsp3) is 0.227. The summed E-state index contributed by atoms with van der Waals surface area (Å²) in [5, 5.41) is 2.80. The number of amides is 2. The van der Waals surface area contributed by atoms with Gasteiger partial charge in [-0.15, -0.1) is 6.58 Å². The molecule has 0 radical (unpaired) electrons. The van der Waals surface area contributed by atoms with E-state index in [1.54, 1.807) is 18.2 Å². The Balaban J connectivity index is 1.75. The van der Waals surface area contributed by atoms with Gasteiger partial charge in [0.25, 0.3) is 0 Å². The highest BCUT2D eigenvalue weighted by molar-refractivity contribution is 8.15. The average Bonchev–Trinajstić information content (AvgIpc) is 2.95. The average molecular weight is 412 g/mol. The van der Waals surface area contributed by atoms with Crippen LogP contribution in [0.3, 0.4) is 0 Å². The third-order valence-corrected chi connectivity index (χ3v) is 5.60. The highest BCUT2D eigenvalue weighted by atomic mass is 32.2. The molecule has 1 saturated heterocycles. The molecule has 29 heavy (non-hydrogen) atoms. The maximum atomic E-state index is 13.1. The lowest BCUT2D eigenvalue weighted by atomic mass is 10.1. The fourth-order valence-corrected chi connectivity index (χ4v) is 4.06. The second-order valence-corrected chi connectivity index (χ2v) is 7.96. The Kier molecular flexibility index (Phi) is 6.49. The summed E-state index contributed by atoms with van der Waals surface area (Å²) >= 11 is 1.24. The largest absolute Gasteiger partial charge is 0.326 e. The van der Waals surface area contributed by atoms with Crippen LogP contribution in [-0.4, -0.2) is 33.7 Å². The summed E-state index contributed by atoms with van der Waals surface area (Å²) in [5.74, 6) is -0.772. The van der Waals surface area contributed by atoms with E-state index >= 15 is 0 Å². The summed E-state index contributed by atoms with van der Waals surface area (Å²) in [6.07, 6.45) is 1.64. The van der Waals surface area contributed by atoms with Crippen molar-refractivity contribution >= 4 is 40.1 Å². The number of thioether (sulfide) groups is 1. The normalized spacial score (nSPS) is 17.6. The van der Waals surface area contributed by atoms with Crippen molar-refractivity contribution < 1.29 is 14.0 Å². The minimum absolute atomic E-state index is 0.0347. The molecule has 0 saturated carbocycles. The van der Waals surface area contributed by atoms with Gasteiger partial charge in [-0.25, -0.2) is 9.38 Å². The van der Waals surface area contributed by atoms with Crippen molar-refractivity contribution in [1.82, 2.24) is 4.90 Å². The van der Waals surface area contributed by atoms with E-state index in [1.165, 1.54) is 28.8 Å². The van der Waals surface area contributed by atoms with Crippen molar-refractivity contribution in [2.75, 3.05) is 11.9 Å². The van der Waals surface area contributed by atoms with Gasteiger partial charge in [-0.05, 0) is 55.3 Å². The van der Waals surface area contributed by atoms with Gasteiger partial charge in [0.1, 0.15) is 11.1 Å². The molecule has 1 heterocycles. The van der Waals surface area contributed by atoms with Gasteiger partial charge >= 0.3 is 0 Å². The van der Waals surface area contributed by atoms with Crippen LogP contribution in [0.2, 0.25) is 0 Å². The number of nitrogens with one attached hydrogen (secondary N) is 1. The van der Waals surface area contributed by atoms with Crippen molar-refractivity contribution in [1.29, 1.82) is 0 Å². The number of halogens is 1. The van der Waals surface area contributed by atoms with Gasteiger partial charge in [-0.2, -0.15) is 0 Å². The lowest BCUT2D eigenvalue weighted by Crippen LogP contribution is -2.33. The SMILES string of the molecule is C=CCN1C(=O)[C@H](CC(=O)Nc2cc(C)ccc2C)SC1=Nc1ccc(F)cc1. The number of aliphatic imine (C=N–C) groups is 1. The van der Waals surface area contributed by atoms with Crippen LogP contribution in [0.15, 0.2) is 60.1 Å². The van der Waals surface area contributed by atoms with Crippen LogP contribution in [0, 0.1) is 19.7 Å². The Bertz CT molecular complexity index is 973. The number of carbonyl (C=O) groups is 2. The molecule has 1 N–H and O–H groups in total. The van der Waals surface area contributed by atoms with Gasteiger partial charge in [0.15, 0.2) is 5.17 Å². The smallest absolute Gasteiger partial charge is 0.242 e. The Labute approximate surface area is 173 Å². The standard InChI is InChI=1S/C22H22FN3O2S/c1-4-11-26-21(28)19(29-22(26)24-17-9-7-16(23)8-10-17)13-20(27)25-18-12-14(2)5-6-15(18)3/h4-10,12,19H,1,11,13H2,2-3H3,(H,25,27)/t19-/m0/s1. The Hall–Kier alpha value is -2.93. The Morgan fingerprint density at radius 3 is 2.69 bits per heavy atom. The second kappa shape index (κ2) is 9.05. The zero-order valence-corrected chi connectivity index (χ0v) is 17.1. The third-order valence-electron chi connectivity index (χ3n) is 4.42. The first-order chi connectivity index (χ1) is 13.9. The summed E-state index contributed by atoms with van der Waals surface area (Å²) in [6.45, 7) is 7.85. The van der Waals surface area contributed by atoms with Crippen LogP contribution in [0.1, 0.15) is 17.5 Å². The van der Waals surface area contributed by atoms with E-state index < -0.39 is 5.25 Å². The molecule has 1 fully saturated rings. The Morgan fingerprint density at radius 1 is 1.28 bits per heavy atom. The number of nitrogens with zero attached hydrogens (tertiary/aromatic N) is 2. The summed E-state index contributed by atoms with van der Waals surface area (Å²) in [6, 6.07) is 11.5. The van der Waals surface area contributed by atoms with Crippen molar-refractivity contribution in [3.8, 4) is 0 Å². The molecule has 7 heteroatoms. The number of benzene rings is 2. The molecule has 0 unspecified atom stereocenters. The van der Waals surface area contributed by atoms with Crippen molar-refractivity contribution in [2.24, 2.45) is 4.99 Å². The van der Waals surface area contributed by atoms with Crippen LogP contribution in [0.25, 0.3) is 0 Å². The first kappa shape index (κ1) is 20.8. The zero-order chi connectivity index (χ0) is 21.0. The molecule has 0 aliphatic carbocycles. The second-order valence-electron chi connectivity index (χ2n) is 6.79. The molecule has 0 aromatic heterocycles. The molecule has 1 aliphatic heterocycles. The van der Waals surface area contributed by atoms with Crippen LogP contribution in [0.5, 0.6) is 0 Å². The number of aryl methyl sites for hydroxylation is 2. The maximum absolute atomic E-state index is 13.1. The Morgan fingerprint density at radius 2 is 2.00 bits per heavy atom. The lowest BCUT2D eigenvalue weighted by Gasteiger charge is -2.14. The molecule has 3 rings (SSSR count).